The normalized spacial score (nSPS) is 20.6. The maximum absolute atomic E-state index is 12.5. The third-order valence-electron chi connectivity index (χ3n) is 5.81. The number of likely N-dealkylation sites (tertiary alicyclic amines) is 1. The van der Waals surface area contributed by atoms with Crippen LogP contribution in [0.5, 0.6) is 5.75 Å². The van der Waals surface area contributed by atoms with Gasteiger partial charge in [-0.1, -0.05) is 23.4 Å². The number of nitrogens with zero attached hydrogens (tertiary/aromatic N) is 3. The molecule has 3 heterocycles. The summed E-state index contributed by atoms with van der Waals surface area (Å²) in [6, 6.07) is 9.47. The number of benzene rings is 1. The van der Waals surface area contributed by atoms with E-state index in [0.29, 0.717) is 11.8 Å². The number of aromatic nitrogens is 2. The topological polar surface area (TPSA) is 77.7 Å². The Bertz CT molecular complexity index is 773. The van der Waals surface area contributed by atoms with Crippen LogP contribution in [0.25, 0.3) is 0 Å². The van der Waals surface area contributed by atoms with Gasteiger partial charge in [-0.2, -0.15) is 4.98 Å². The molecule has 7 heteroatoms. The van der Waals surface area contributed by atoms with Crippen molar-refractivity contribution in [2.45, 2.75) is 44.4 Å². The minimum atomic E-state index is 0.0555. The zero-order valence-corrected chi connectivity index (χ0v) is 16.8. The van der Waals surface area contributed by atoms with Crippen molar-refractivity contribution in [2.24, 2.45) is 5.92 Å². The Balaban J connectivity index is 1.22. The second kappa shape index (κ2) is 9.87. The van der Waals surface area contributed by atoms with Crippen LogP contribution in [-0.4, -0.2) is 53.9 Å². The van der Waals surface area contributed by atoms with Crippen molar-refractivity contribution in [3.8, 4) is 5.75 Å². The largest absolute Gasteiger partial charge is 0.484 e. The summed E-state index contributed by atoms with van der Waals surface area (Å²) >= 11 is 0. The number of aryl methyl sites for hydroxylation is 1. The Morgan fingerprint density at radius 1 is 1.17 bits per heavy atom. The van der Waals surface area contributed by atoms with Crippen LogP contribution in [0.2, 0.25) is 0 Å². The SMILES string of the molecule is O=C(COc1ccccc1)N1CCCC(CCc2noc(C3CCOCC3)n2)C1. The van der Waals surface area contributed by atoms with Crippen molar-refractivity contribution in [2.75, 3.05) is 32.9 Å². The first-order valence-electron chi connectivity index (χ1n) is 10.6. The second-order valence-corrected chi connectivity index (χ2v) is 7.92. The number of piperidine rings is 1. The molecule has 1 atom stereocenters. The molecule has 156 valence electrons. The highest BCUT2D eigenvalue weighted by molar-refractivity contribution is 5.77. The highest BCUT2D eigenvalue weighted by Gasteiger charge is 2.25. The number of carbonyl (C=O) groups is 1. The predicted octanol–water partition coefficient (Wildman–Crippen LogP) is 3.21. The molecule has 0 bridgehead atoms. The zero-order valence-electron chi connectivity index (χ0n) is 16.8. The van der Waals surface area contributed by atoms with Gasteiger partial charge in [0.05, 0.1) is 0 Å². The first kappa shape index (κ1) is 19.9. The van der Waals surface area contributed by atoms with E-state index in [9.17, 15) is 4.79 Å². The quantitative estimate of drug-likeness (QED) is 0.711. The van der Waals surface area contributed by atoms with E-state index in [2.05, 4.69) is 10.1 Å². The van der Waals surface area contributed by atoms with Gasteiger partial charge in [-0.15, -0.1) is 0 Å². The lowest BCUT2D eigenvalue weighted by atomic mass is 9.93. The second-order valence-electron chi connectivity index (χ2n) is 7.92. The summed E-state index contributed by atoms with van der Waals surface area (Å²) in [5.74, 6) is 3.11. The van der Waals surface area contributed by atoms with Crippen molar-refractivity contribution in [1.82, 2.24) is 15.0 Å². The van der Waals surface area contributed by atoms with Crippen LogP contribution in [0.15, 0.2) is 34.9 Å². The molecule has 0 N–H and O–H groups in total. The Morgan fingerprint density at radius 3 is 2.83 bits per heavy atom. The van der Waals surface area contributed by atoms with Gasteiger partial charge in [0.15, 0.2) is 12.4 Å². The summed E-state index contributed by atoms with van der Waals surface area (Å²) in [5.41, 5.74) is 0. The summed E-state index contributed by atoms with van der Waals surface area (Å²) < 4.78 is 16.5. The van der Waals surface area contributed by atoms with E-state index >= 15 is 0 Å². The van der Waals surface area contributed by atoms with Crippen LogP contribution >= 0.6 is 0 Å². The fourth-order valence-electron chi connectivity index (χ4n) is 4.09. The minimum absolute atomic E-state index is 0.0555. The third-order valence-corrected chi connectivity index (χ3v) is 5.81. The van der Waals surface area contributed by atoms with Crippen molar-refractivity contribution < 1.29 is 18.8 Å². The molecular formula is C22H29N3O4. The lowest BCUT2D eigenvalue weighted by Gasteiger charge is -2.32. The zero-order chi connectivity index (χ0) is 19.9. The number of hydrogen-bond donors (Lipinski definition) is 0. The summed E-state index contributed by atoms with van der Waals surface area (Å²) in [4.78, 5) is 19.1. The molecule has 2 saturated heterocycles. The highest BCUT2D eigenvalue weighted by atomic mass is 16.5. The van der Waals surface area contributed by atoms with Gasteiger partial charge >= 0.3 is 0 Å². The number of amides is 1. The van der Waals surface area contributed by atoms with Crippen molar-refractivity contribution in [3.05, 3.63) is 42.0 Å². The van der Waals surface area contributed by atoms with Crippen LogP contribution in [0.1, 0.15) is 49.7 Å². The predicted molar refractivity (Wildman–Crippen MR) is 107 cm³/mol. The molecule has 29 heavy (non-hydrogen) atoms. The number of hydrogen-bond acceptors (Lipinski definition) is 6. The maximum Gasteiger partial charge on any atom is 0.260 e. The van der Waals surface area contributed by atoms with Crippen LogP contribution in [0.4, 0.5) is 0 Å². The maximum atomic E-state index is 12.5. The van der Waals surface area contributed by atoms with Crippen molar-refractivity contribution in [3.63, 3.8) is 0 Å². The molecular weight excluding hydrogens is 370 g/mol. The number of rotatable bonds is 7. The summed E-state index contributed by atoms with van der Waals surface area (Å²) in [7, 11) is 0. The smallest absolute Gasteiger partial charge is 0.260 e. The van der Waals surface area contributed by atoms with Gasteiger partial charge < -0.3 is 18.9 Å². The number of carbonyl (C=O) groups excluding carboxylic acids is 1. The van der Waals surface area contributed by atoms with E-state index in [1.807, 2.05) is 35.2 Å². The van der Waals surface area contributed by atoms with Gasteiger partial charge in [0.2, 0.25) is 5.89 Å². The van der Waals surface area contributed by atoms with E-state index in [1.165, 1.54) is 0 Å². The molecule has 0 radical (unpaired) electrons. The standard InChI is InChI=1S/C22H29N3O4/c26-21(16-28-19-6-2-1-3-7-19)25-12-4-5-17(15-25)8-9-20-23-22(29-24-20)18-10-13-27-14-11-18/h1-3,6-7,17-18H,4-5,8-16H2. The Kier molecular flexibility index (Phi) is 6.77. The molecule has 1 amide bonds. The van der Waals surface area contributed by atoms with Crippen LogP contribution in [0.3, 0.4) is 0 Å². The first-order chi connectivity index (χ1) is 14.3. The summed E-state index contributed by atoms with van der Waals surface area (Å²) in [5, 5.41) is 4.17. The molecule has 0 saturated carbocycles. The van der Waals surface area contributed by atoms with E-state index in [0.717, 1.165) is 82.3 Å². The number of para-hydroxylation sites is 1. The summed E-state index contributed by atoms with van der Waals surface area (Å²) in [6.45, 7) is 3.21. The molecule has 0 spiro atoms. The Labute approximate surface area is 171 Å². The van der Waals surface area contributed by atoms with Crippen molar-refractivity contribution >= 4 is 5.91 Å². The molecule has 4 rings (SSSR count). The average Bonchev–Trinajstić information content (AvgIpc) is 3.27. The van der Waals surface area contributed by atoms with Gasteiger partial charge in [-0.3, -0.25) is 4.79 Å². The Morgan fingerprint density at radius 2 is 2.00 bits per heavy atom. The van der Waals surface area contributed by atoms with E-state index in [1.54, 1.807) is 0 Å². The molecule has 2 aliphatic heterocycles. The molecule has 2 aliphatic rings. The molecule has 2 aromatic rings. The highest BCUT2D eigenvalue weighted by Crippen LogP contribution is 2.26. The molecule has 1 aromatic carbocycles. The van der Waals surface area contributed by atoms with Crippen LogP contribution < -0.4 is 4.74 Å². The monoisotopic (exact) mass is 399 g/mol. The van der Waals surface area contributed by atoms with Gasteiger partial charge in [0.25, 0.3) is 5.91 Å². The minimum Gasteiger partial charge on any atom is -0.484 e. The van der Waals surface area contributed by atoms with Crippen LogP contribution in [0, 0.1) is 5.92 Å². The Hall–Kier alpha value is -2.41. The van der Waals surface area contributed by atoms with Gasteiger partial charge in [-0.25, -0.2) is 0 Å². The summed E-state index contributed by atoms with van der Waals surface area (Å²) in [6.07, 6.45) is 5.82. The average molecular weight is 399 g/mol. The number of ether oxygens (including phenoxy) is 2. The molecule has 1 unspecified atom stereocenters. The molecule has 7 nitrogen and oxygen atoms in total. The fourth-order valence-corrected chi connectivity index (χ4v) is 4.09. The van der Waals surface area contributed by atoms with Gasteiger partial charge in [0, 0.05) is 38.6 Å². The first-order valence-corrected chi connectivity index (χ1v) is 10.6. The molecule has 1 aromatic heterocycles. The third kappa shape index (κ3) is 5.56. The van der Waals surface area contributed by atoms with Crippen molar-refractivity contribution in [1.29, 1.82) is 0 Å². The lowest BCUT2D eigenvalue weighted by molar-refractivity contribution is -0.135. The van der Waals surface area contributed by atoms with E-state index in [-0.39, 0.29) is 12.5 Å². The molecule has 2 fully saturated rings. The van der Waals surface area contributed by atoms with Crippen LogP contribution in [-0.2, 0) is 16.0 Å². The fraction of sp³-hybridized carbons (Fsp3) is 0.591. The molecule has 0 aliphatic carbocycles. The van der Waals surface area contributed by atoms with Gasteiger partial charge in [0.1, 0.15) is 5.75 Å². The van der Waals surface area contributed by atoms with Gasteiger partial charge in [-0.05, 0) is 50.2 Å². The lowest BCUT2D eigenvalue weighted by Crippen LogP contribution is -2.42. The van der Waals surface area contributed by atoms with E-state index in [4.69, 9.17) is 14.0 Å². The van der Waals surface area contributed by atoms with E-state index < -0.39 is 0 Å².